The molecule has 3 atom stereocenters. The number of benzene rings is 1. The number of hydrogen-bond acceptors (Lipinski definition) is 2. The summed E-state index contributed by atoms with van der Waals surface area (Å²) in [6, 6.07) is 9.18. The summed E-state index contributed by atoms with van der Waals surface area (Å²) in [4.78, 5) is 0. The Labute approximate surface area is 129 Å². The maximum atomic E-state index is 5.64. The molecular weight excluding hydrogens is 258 g/mol. The Bertz CT molecular complexity index is 428. The van der Waals surface area contributed by atoms with Gasteiger partial charge in [0.05, 0.1) is 6.61 Å². The second-order valence-electron chi connectivity index (χ2n) is 6.83. The van der Waals surface area contributed by atoms with Crippen molar-refractivity contribution in [1.82, 2.24) is 0 Å². The zero-order valence-corrected chi connectivity index (χ0v) is 13.3. The summed E-state index contributed by atoms with van der Waals surface area (Å²) in [5, 5.41) is 3.74. The van der Waals surface area contributed by atoms with E-state index in [1.54, 1.807) is 0 Å². The quantitative estimate of drug-likeness (QED) is 0.799. The topological polar surface area (TPSA) is 21.3 Å². The second-order valence-corrected chi connectivity index (χ2v) is 6.83. The average Bonchev–Trinajstić information content (AvgIpc) is 2.54. The van der Waals surface area contributed by atoms with Crippen molar-refractivity contribution in [3.63, 3.8) is 0 Å². The summed E-state index contributed by atoms with van der Waals surface area (Å²) in [5.41, 5.74) is 1.25. The van der Waals surface area contributed by atoms with Crippen molar-refractivity contribution in [3.05, 3.63) is 24.3 Å². The predicted molar refractivity (Wildman–Crippen MR) is 88.9 cm³/mol. The normalized spacial score (nSPS) is 28.7. The summed E-state index contributed by atoms with van der Waals surface area (Å²) >= 11 is 0. The smallest absolute Gasteiger partial charge is 0.119 e. The first-order valence-electron chi connectivity index (χ1n) is 8.84. The molecule has 0 saturated heterocycles. The van der Waals surface area contributed by atoms with Crippen molar-refractivity contribution >= 4 is 5.69 Å². The molecule has 1 N–H and O–H groups in total. The maximum Gasteiger partial charge on any atom is 0.119 e. The highest BCUT2D eigenvalue weighted by atomic mass is 16.5. The molecule has 0 aliphatic heterocycles. The Kier molecular flexibility index (Phi) is 5.05. The lowest BCUT2D eigenvalue weighted by atomic mass is 9.69. The lowest BCUT2D eigenvalue weighted by molar-refractivity contribution is 0.162. The Morgan fingerprint density at radius 1 is 1.00 bits per heavy atom. The van der Waals surface area contributed by atoms with Crippen LogP contribution in [0.4, 0.5) is 5.69 Å². The van der Waals surface area contributed by atoms with Gasteiger partial charge in [-0.05, 0) is 61.8 Å². The van der Waals surface area contributed by atoms with Crippen molar-refractivity contribution in [2.75, 3.05) is 11.9 Å². The molecule has 2 nitrogen and oxygen atoms in total. The van der Waals surface area contributed by atoms with Crippen LogP contribution < -0.4 is 10.1 Å². The number of fused-ring (bicyclic) bond motifs is 1. The third-order valence-electron chi connectivity index (χ3n) is 5.24. The van der Waals surface area contributed by atoms with Gasteiger partial charge in [-0.3, -0.25) is 0 Å². The lowest BCUT2D eigenvalue weighted by Gasteiger charge is -2.39. The molecule has 2 aliphatic rings. The molecule has 2 aliphatic carbocycles. The largest absolute Gasteiger partial charge is 0.494 e. The molecule has 116 valence electrons. The number of nitrogens with one attached hydrogen (secondary N) is 1. The van der Waals surface area contributed by atoms with Crippen molar-refractivity contribution in [3.8, 4) is 5.75 Å². The number of rotatable bonds is 5. The highest BCUT2D eigenvalue weighted by molar-refractivity contribution is 5.47. The fraction of sp³-hybridized carbons (Fsp3) is 0.684. The average molecular weight is 287 g/mol. The fourth-order valence-corrected chi connectivity index (χ4v) is 4.11. The first-order valence-corrected chi connectivity index (χ1v) is 8.84. The van der Waals surface area contributed by atoms with E-state index >= 15 is 0 Å². The van der Waals surface area contributed by atoms with Crippen LogP contribution in [0, 0.1) is 11.8 Å². The molecule has 0 amide bonds. The lowest BCUT2D eigenvalue weighted by Crippen LogP contribution is -2.34. The molecule has 0 heterocycles. The summed E-state index contributed by atoms with van der Waals surface area (Å²) in [6.07, 6.45) is 11.1. The fourth-order valence-electron chi connectivity index (χ4n) is 4.11. The molecule has 2 heteroatoms. The second kappa shape index (κ2) is 7.20. The van der Waals surface area contributed by atoms with Crippen LogP contribution in [-0.2, 0) is 0 Å². The van der Waals surface area contributed by atoms with Gasteiger partial charge in [0.2, 0.25) is 0 Å². The van der Waals surface area contributed by atoms with Crippen LogP contribution >= 0.6 is 0 Å². The van der Waals surface area contributed by atoms with Crippen LogP contribution in [0.25, 0.3) is 0 Å². The van der Waals surface area contributed by atoms with E-state index in [2.05, 4.69) is 36.5 Å². The van der Waals surface area contributed by atoms with Gasteiger partial charge in [0.1, 0.15) is 5.75 Å². The van der Waals surface area contributed by atoms with E-state index in [-0.39, 0.29) is 0 Å². The van der Waals surface area contributed by atoms with Crippen LogP contribution in [0.1, 0.15) is 58.3 Å². The minimum Gasteiger partial charge on any atom is -0.494 e. The van der Waals surface area contributed by atoms with Crippen molar-refractivity contribution < 1.29 is 4.74 Å². The SMILES string of the molecule is CCCOc1ccc(NC2CCC3CCCCC3C2)cc1. The molecule has 0 aromatic heterocycles. The Morgan fingerprint density at radius 2 is 1.76 bits per heavy atom. The molecule has 0 bridgehead atoms. The third-order valence-corrected chi connectivity index (χ3v) is 5.24. The Balaban J connectivity index is 1.52. The molecule has 2 fully saturated rings. The molecule has 21 heavy (non-hydrogen) atoms. The number of anilines is 1. The van der Waals surface area contributed by atoms with Gasteiger partial charge in [-0.25, -0.2) is 0 Å². The van der Waals surface area contributed by atoms with Gasteiger partial charge in [-0.15, -0.1) is 0 Å². The predicted octanol–water partition coefficient (Wildman–Crippen LogP) is 5.25. The van der Waals surface area contributed by atoms with E-state index in [1.165, 1.54) is 50.6 Å². The van der Waals surface area contributed by atoms with Crippen molar-refractivity contribution in [2.24, 2.45) is 11.8 Å². The maximum absolute atomic E-state index is 5.64. The van der Waals surface area contributed by atoms with Gasteiger partial charge >= 0.3 is 0 Å². The minimum atomic E-state index is 0.673. The summed E-state index contributed by atoms with van der Waals surface area (Å²) in [7, 11) is 0. The molecule has 3 rings (SSSR count). The van der Waals surface area contributed by atoms with Gasteiger partial charge in [0.15, 0.2) is 0 Å². The molecule has 0 radical (unpaired) electrons. The van der Waals surface area contributed by atoms with E-state index < -0.39 is 0 Å². The molecule has 3 unspecified atom stereocenters. The van der Waals surface area contributed by atoms with Gasteiger partial charge in [-0.2, -0.15) is 0 Å². The van der Waals surface area contributed by atoms with Crippen LogP contribution in [0.15, 0.2) is 24.3 Å². The first-order chi connectivity index (χ1) is 10.3. The highest BCUT2D eigenvalue weighted by Gasteiger charge is 2.31. The highest BCUT2D eigenvalue weighted by Crippen LogP contribution is 2.41. The molecule has 1 aromatic carbocycles. The van der Waals surface area contributed by atoms with Gasteiger partial charge in [-0.1, -0.05) is 32.6 Å². The first kappa shape index (κ1) is 14.7. The van der Waals surface area contributed by atoms with Gasteiger partial charge in [0.25, 0.3) is 0 Å². The van der Waals surface area contributed by atoms with Crippen LogP contribution in [0.2, 0.25) is 0 Å². The molecule has 1 aromatic rings. The summed E-state index contributed by atoms with van der Waals surface area (Å²) in [5.74, 6) is 3.00. The summed E-state index contributed by atoms with van der Waals surface area (Å²) in [6.45, 7) is 2.94. The Hall–Kier alpha value is -1.18. The zero-order valence-electron chi connectivity index (χ0n) is 13.3. The van der Waals surface area contributed by atoms with E-state index in [1.807, 2.05) is 0 Å². The van der Waals surface area contributed by atoms with Crippen molar-refractivity contribution in [2.45, 2.75) is 64.3 Å². The van der Waals surface area contributed by atoms with E-state index in [9.17, 15) is 0 Å². The molecular formula is C19H29NO. The van der Waals surface area contributed by atoms with Gasteiger partial charge in [0, 0.05) is 11.7 Å². The monoisotopic (exact) mass is 287 g/mol. The van der Waals surface area contributed by atoms with Crippen LogP contribution in [-0.4, -0.2) is 12.6 Å². The molecule has 2 saturated carbocycles. The van der Waals surface area contributed by atoms with E-state index in [4.69, 9.17) is 4.74 Å². The van der Waals surface area contributed by atoms with Crippen LogP contribution in [0.3, 0.4) is 0 Å². The summed E-state index contributed by atoms with van der Waals surface area (Å²) < 4.78 is 5.64. The standard InChI is InChI=1S/C19H29NO/c1-2-13-21-19-11-9-17(10-12-19)20-18-8-7-15-5-3-4-6-16(15)14-18/h9-12,15-16,18,20H,2-8,13-14H2,1H3. The van der Waals surface area contributed by atoms with E-state index in [0.717, 1.165) is 30.6 Å². The number of hydrogen-bond donors (Lipinski definition) is 1. The van der Waals surface area contributed by atoms with Gasteiger partial charge < -0.3 is 10.1 Å². The third kappa shape index (κ3) is 3.93. The Morgan fingerprint density at radius 3 is 2.52 bits per heavy atom. The van der Waals surface area contributed by atoms with Crippen LogP contribution in [0.5, 0.6) is 5.75 Å². The zero-order chi connectivity index (χ0) is 14.5. The van der Waals surface area contributed by atoms with Crippen molar-refractivity contribution in [1.29, 1.82) is 0 Å². The number of ether oxygens (including phenoxy) is 1. The molecule has 0 spiro atoms. The van der Waals surface area contributed by atoms with E-state index in [0.29, 0.717) is 6.04 Å². The minimum absolute atomic E-state index is 0.673.